The van der Waals surface area contributed by atoms with Crippen molar-refractivity contribution >= 4 is 22.5 Å². The lowest BCUT2D eigenvalue weighted by molar-refractivity contribution is 0.102. The lowest BCUT2D eigenvalue weighted by Crippen LogP contribution is -2.42. The number of methoxy groups -OCH3 is 2. The standard InChI is InChI=1S/C30H24F2N4O6/c1-4-35-29(38)21(16-36(30(35)39)19-8-6-18(31)7-9-19)28(37)34-23-11-10-20(14-22(23)32)42-27-12-5-17-13-25(40-2)26(41-3)15-24(17)33-27/h5-16H,4H2,1-3H3,(H,34,37). The third-order valence-corrected chi connectivity index (χ3v) is 6.42. The molecule has 0 saturated carbocycles. The minimum Gasteiger partial charge on any atom is -0.493 e. The first-order valence-electron chi connectivity index (χ1n) is 12.7. The number of nitrogens with one attached hydrogen (secondary N) is 1. The summed E-state index contributed by atoms with van der Waals surface area (Å²) in [7, 11) is 3.04. The molecule has 2 heterocycles. The fraction of sp³-hybridized carbons (Fsp3) is 0.133. The van der Waals surface area contributed by atoms with Crippen LogP contribution in [0.3, 0.4) is 0 Å². The van der Waals surface area contributed by atoms with Gasteiger partial charge in [0.1, 0.15) is 22.9 Å². The van der Waals surface area contributed by atoms with Gasteiger partial charge < -0.3 is 19.5 Å². The number of nitrogens with zero attached hydrogens (tertiary/aromatic N) is 3. The van der Waals surface area contributed by atoms with E-state index in [-0.39, 0.29) is 29.5 Å². The number of rotatable bonds is 8. The van der Waals surface area contributed by atoms with Gasteiger partial charge >= 0.3 is 5.69 Å². The fourth-order valence-electron chi connectivity index (χ4n) is 4.28. The summed E-state index contributed by atoms with van der Waals surface area (Å²) >= 11 is 0. The number of hydrogen-bond donors (Lipinski definition) is 1. The molecule has 12 heteroatoms. The summed E-state index contributed by atoms with van der Waals surface area (Å²) in [5, 5.41) is 3.14. The molecule has 10 nitrogen and oxygen atoms in total. The highest BCUT2D eigenvalue weighted by Gasteiger charge is 2.19. The van der Waals surface area contributed by atoms with Crippen LogP contribution in [-0.4, -0.2) is 34.2 Å². The lowest BCUT2D eigenvalue weighted by Gasteiger charge is -2.13. The summed E-state index contributed by atoms with van der Waals surface area (Å²) in [4.78, 5) is 43.2. The number of carbonyl (C=O) groups excluding carboxylic acids is 1. The quantitative estimate of drug-likeness (QED) is 0.280. The first-order chi connectivity index (χ1) is 20.2. The van der Waals surface area contributed by atoms with E-state index >= 15 is 4.39 Å². The first-order valence-corrected chi connectivity index (χ1v) is 12.7. The fourth-order valence-corrected chi connectivity index (χ4v) is 4.28. The normalized spacial score (nSPS) is 10.9. The minimum absolute atomic E-state index is 0.0243. The Morgan fingerprint density at radius 2 is 1.64 bits per heavy atom. The Labute approximate surface area is 237 Å². The maximum atomic E-state index is 15.0. The molecule has 5 aromatic rings. The molecule has 0 aliphatic carbocycles. The van der Waals surface area contributed by atoms with E-state index in [0.717, 1.165) is 38.9 Å². The number of amides is 1. The molecule has 0 atom stereocenters. The van der Waals surface area contributed by atoms with Crippen LogP contribution >= 0.6 is 0 Å². The van der Waals surface area contributed by atoms with Gasteiger partial charge in [-0.1, -0.05) is 0 Å². The molecule has 1 N–H and O–H groups in total. The number of hydrogen-bond acceptors (Lipinski definition) is 7. The van der Waals surface area contributed by atoms with E-state index in [0.29, 0.717) is 17.0 Å². The maximum absolute atomic E-state index is 15.0. The molecule has 0 unspecified atom stereocenters. The topological polar surface area (TPSA) is 114 Å². The Balaban J connectivity index is 1.40. The van der Waals surface area contributed by atoms with E-state index in [2.05, 4.69) is 10.3 Å². The second-order valence-corrected chi connectivity index (χ2v) is 8.97. The van der Waals surface area contributed by atoms with Gasteiger partial charge in [0.15, 0.2) is 11.5 Å². The van der Waals surface area contributed by atoms with Gasteiger partial charge in [-0.15, -0.1) is 0 Å². The van der Waals surface area contributed by atoms with Crippen LogP contribution in [0.25, 0.3) is 16.6 Å². The Hall–Kier alpha value is -5.52. The molecule has 1 amide bonds. The zero-order chi connectivity index (χ0) is 30.0. The van der Waals surface area contributed by atoms with Crippen LogP contribution in [0.1, 0.15) is 17.3 Å². The Morgan fingerprint density at radius 3 is 2.31 bits per heavy atom. The molecule has 2 aromatic heterocycles. The van der Waals surface area contributed by atoms with Crippen LogP contribution in [0.15, 0.2) is 82.5 Å². The summed E-state index contributed by atoms with van der Waals surface area (Å²) in [5.41, 5.74) is -1.39. The number of fused-ring (bicyclic) bond motifs is 1. The van der Waals surface area contributed by atoms with Gasteiger partial charge in [-0.25, -0.2) is 18.6 Å². The van der Waals surface area contributed by atoms with Gasteiger partial charge in [0.05, 0.1) is 31.1 Å². The largest absolute Gasteiger partial charge is 0.493 e. The molecule has 0 saturated heterocycles. The highest BCUT2D eigenvalue weighted by atomic mass is 19.1. The van der Waals surface area contributed by atoms with Gasteiger partial charge in [0.25, 0.3) is 11.5 Å². The molecule has 3 aromatic carbocycles. The van der Waals surface area contributed by atoms with Crippen molar-refractivity contribution in [3.05, 3.63) is 111 Å². The van der Waals surface area contributed by atoms with Gasteiger partial charge in [-0.3, -0.25) is 18.7 Å². The molecule has 0 bridgehead atoms. The summed E-state index contributed by atoms with van der Waals surface area (Å²) in [6, 6.07) is 15.5. The first kappa shape index (κ1) is 28.0. The molecule has 42 heavy (non-hydrogen) atoms. The Bertz CT molecular complexity index is 1940. The molecule has 0 fully saturated rings. The van der Waals surface area contributed by atoms with Crippen molar-refractivity contribution in [2.45, 2.75) is 13.5 Å². The molecular weight excluding hydrogens is 550 g/mol. The van der Waals surface area contributed by atoms with Crippen LogP contribution in [0.5, 0.6) is 23.1 Å². The third-order valence-electron chi connectivity index (χ3n) is 6.42. The predicted molar refractivity (Wildman–Crippen MR) is 151 cm³/mol. The van der Waals surface area contributed by atoms with Crippen LogP contribution in [0, 0.1) is 11.6 Å². The Kier molecular flexibility index (Phi) is 7.69. The van der Waals surface area contributed by atoms with Crippen LogP contribution in [0.4, 0.5) is 14.5 Å². The van der Waals surface area contributed by atoms with E-state index in [4.69, 9.17) is 14.2 Å². The third kappa shape index (κ3) is 5.42. The lowest BCUT2D eigenvalue weighted by atomic mass is 10.2. The predicted octanol–water partition coefficient (Wildman–Crippen LogP) is 4.91. The van der Waals surface area contributed by atoms with E-state index in [1.165, 1.54) is 38.5 Å². The zero-order valence-electron chi connectivity index (χ0n) is 22.7. The molecule has 5 rings (SSSR count). The number of benzene rings is 3. The number of ether oxygens (including phenoxy) is 3. The number of halogens is 2. The summed E-state index contributed by atoms with van der Waals surface area (Å²) < 4.78 is 46.7. The SMILES string of the molecule is CCn1c(=O)c(C(=O)Nc2ccc(Oc3ccc4cc(OC)c(OC)cc4n3)cc2F)cn(-c2ccc(F)cc2)c1=O. The van der Waals surface area contributed by atoms with E-state index in [9.17, 15) is 18.8 Å². The monoisotopic (exact) mass is 574 g/mol. The highest BCUT2D eigenvalue weighted by molar-refractivity contribution is 6.04. The smallest absolute Gasteiger partial charge is 0.335 e. The summed E-state index contributed by atoms with van der Waals surface area (Å²) in [6.45, 7) is 1.54. The maximum Gasteiger partial charge on any atom is 0.335 e. The molecule has 214 valence electrons. The number of carbonyl (C=O) groups is 1. The molecule has 0 radical (unpaired) electrons. The average molecular weight is 575 g/mol. The van der Waals surface area contributed by atoms with Crippen molar-refractivity contribution in [2.24, 2.45) is 0 Å². The van der Waals surface area contributed by atoms with Crippen LogP contribution in [0.2, 0.25) is 0 Å². The molecule has 0 spiro atoms. The van der Waals surface area contributed by atoms with Gasteiger partial charge in [0.2, 0.25) is 5.88 Å². The number of anilines is 1. The Morgan fingerprint density at radius 1 is 0.929 bits per heavy atom. The zero-order valence-corrected chi connectivity index (χ0v) is 22.7. The number of pyridine rings is 1. The number of aromatic nitrogens is 3. The molecule has 0 aliphatic rings. The van der Waals surface area contributed by atoms with Crippen molar-refractivity contribution < 1.29 is 27.8 Å². The second-order valence-electron chi connectivity index (χ2n) is 8.97. The van der Waals surface area contributed by atoms with Gasteiger partial charge in [-0.2, -0.15) is 0 Å². The van der Waals surface area contributed by atoms with E-state index in [1.54, 1.807) is 31.2 Å². The molecule has 0 aliphatic heterocycles. The van der Waals surface area contributed by atoms with Crippen molar-refractivity contribution in [2.75, 3.05) is 19.5 Å². The van der Waals surface area contributed by atoms with Gasteiger partial charge in [0, 0.05) is 36.3 Å². The molecular formula is C30H24F2N4O6. The van der Waals surface area contributed by atoms with Crippen LogP contribution in [-0.2, 0) is 6.54 Å². The summed E-state index contributed by atoms with van der Waals surface area (Å²) in [5.74, 6) is -0.969. The van der Waals surface area contributed by atoms with E-state index in [1.807, 2.05) is 0 Å². The summed E-state index contributed by atoms with van der Waals surface area (Å²) in [6.07, 6.45) is 1.05. The second kappa shape index (κ2) is 11.5. The average Bonchev–Trinajstić information content (AvgIpc) is 2.98. The van der Waals surface area contributed by atoms with Crippen molar-refractivity contribution in [1.29, 1.82) is 0 Å². The van der Waals surface area contributed by atoms with Crippen molar-refractivity contribution in [3.8, 4) is 28.8 Å². The van der Waals surface area contributed by atoms with Gasteiger partial charge in [-0.05, 0) is 55.5 Å². The van der Waals surface area contributed by atoms with Crippen molar-refractivity contribution in [1.82, 2.24) is 14.1 Å². The van der Waals surface area contributed by atoms with E-state index < -0.39 is 34.4 Å². The van der Waals surface area contributed by atoms with Crippen molar-refractivity contribution in [3.63, 3.8) is 0 Å². The van der Waals surface area contributed by atoms with Crippen LogP contribution < -0.4 is 30.8 Å². The minimum atomic E-state index is -0.939. The highest BCUT2D eigenvalue weighted by Crippen LogP contribution is 2.33.